The number of nitrogens with zero attached hydrogens (tertiary/aromatic N) is 3. The molecule has 0 bridgehead atoms. The summed E-state index contributed by atoms with van der Waals surface area (Å²) in [5.41, 5.74) is 1.16. The van der Waals surface area contributed by atoms with Crippen LogP contribution < -0.4 is 10.2 Å². The molecule has 23 heavy (non-hydrogen) atoms. The molecule has 0 saturated carbocycles. The van der Waals surface area contributed by atoms with Gasteiger partial charge in [0.05, 0.1) is 11.9 Å². The van der Waals surface area contributed by atoms with Crippen molar-refractivity contribution in [1.29, 1.82) is 0 Å². The molecule has 8 heteroatoms. The third-order valence-electron chi connectivity index (χ3n) is 3.22. The Hall–Kier alpha value is -2.51. The Bertz CT molecular complexity index is 841. The van der Waals surface area contributed by atoms with E-state index in [2.05, 4.69) is 10.4 Å². The second kappa shape index (κ2) is 5.94. The first kappa shape index (κ1) is 15.4. The van der Waals surface area contributed by atoms with Crippen LogP contribution in [-0.2, 0) is 16.6 Å². The summed E-state index contributed by atoms with van der Waals surface area (Å²) >= 11 is 11.0. The molecule has 1 aromatic heterocycles. The van der Waals surface area contributed by atoms with Crippen molar-refractivity contribution >= 4 is 52.5 Å². The number of hydrogen-bond acceptors (Lipinski definition) is 4. The molecule has 0 spiro atoms. The maximum Gasteiger partial charge on any atom is 0.270 e. The first-order chi connectivity index (χ1) is 11.0. The highest BCUT2D eigenvalue weighted by molar-refractivity contribution is 7.80. The summed E-state index contributed by atoms with van der Waals surface area (Å²) in [5.74, 6) is -1.03. The topological polar surface area (TPSA) is 67.2 Å². The molecule has 1 N–H and O–H groups in total. The van der Waals surface area contributed by atoms with Gasteiger partial charge in [0.1, 0.15) is 5.57 Å². The molecule has 1 saturated heterocycles. The number of rotatable bonds is 2. The van der Waals surface area contributed by atoms with Gasteiger partial charge in [-0.1, -0.05) is 11.6 Å². The Kier molecular flexibility index (Phi) is 3.97. The van der Waals surface area contributed by atoms with Gasteiger partial charge in [0.2, 0.25) is 0 Å². The number of halogens is 1. The van der Waals surface area contributed by atoms with E-state index < -0.39 is 11.8 Å². The molecule has 0 atom stereocenters. The maximum absolute atomic E-state index is 12.7. The van der Waals surface area contributed by atoms with Crippen LogP contribution in [0.25, 0.3) is 6.08 Å². The maximum atomic E-state index is 12.7. The quantitative estimate of drug-likeness (QED) is 0.512. The second-order valence-electron chi connectivity index (χ2n) is 4.88. The standard InChI is InChI=1S/C15H11ClN4O2S/c1-19-8-9(7-17-19)6-12-13(21)18-15(23)20(14(12)22)11-4-2-10(16)3-5-11/h2-8H,1H3,(H,18,21,23)/b12-6+. The summed E-state index contributed by atoms with van der Waals surface area (Å²) in [6, 6.07) is 6.61. The van der Waals surface area contributed by atoms with Crippen molar-refractivity contribution in [2.75, 3.05) is 4.90 Å². The lowest BCUT2D eigenvalue weighted by atomic mass is 10.1. The van der Waals surface area contributed by atoms with E-state index >= 15 is 0 Å². The smallest absolute Gasteiger partial charge is 0.270 e. The average molecular weight is 347 g/mol. The number of benzene rings is 1. The van der Waals surface area contributed by atoms with E-state index in [9.17, 15) is 9.59 Å². The van der Waals surface area contributed by atoms with E-state index in [0.717, 1.165) is 0 Å². The molecule has 1 aliphatic heterocycles. The van der Waals surface area contributed by atoms with Gasteiger partial charge in [-0.3, -0.25) is 24.5 Å². The van der Waals surface area contributed by atoms with Gasteiger partial charge in [0, 0.05) is 23.8 Å². The number of carbonyl (C=O) groups excluding carboxylic acids is 2. The van der Waals surface area contributed by atoms with Crippen molar-refractivity contribution in [3.63, 3.8) is 0 Å². The summed E-state index contributed by atoms with van der Waals surface area (Å²) in [7, 11) is 1.75. The van der Waals surface area contributed by atoms with E-state index in [-0.39, 0.29) is 10.7 Å². The van der Waals surface area contributed by atoms with Crippen LogP contribution in [-0.4, -0.2) is 26.7 Å². The Labute approximate surface area is 142 Å². The minimum absolute atomic E-state index is 0.0125. The van der Waals surface area contributed by atoms with E-state index in [1.807, 2.05) is 0 Å². The molecule has 0 radical (unpaired) electrons. The SMILES string of the molecule is Cn1cc(/C=C2\C(=O)NC(=S)N(c3ccc(Cl)cc3)C2=O)cn1. The lowest BCUT2D eigenvalue weighted by Gasteiger charge is -2.28. The van der Waals surface area contributed by atoms with Crippen molar-refractivity contribution < 1.29 is 9.59 Å². The van der Waals surface area contributed by atoms with Gasteiger partial charge >= 0.3 is 0 Å². The molecule has 1 fully saturated rings. The Morgan fingerprint density at radius 2 is 1.96 bits per heavy atom. The fraction of sp³-hybridized carbons (Fsp3) is 0.0667. The Morgan fingerprint density at radius 3 is 2.57 bits per heavy atom. The lowest BCUT2D eigenvalue weighted by molar-refractivity contribution is -0.122. The molecular formula is C15H11ClN4O2S. The van der Waals surface area contributed by atoms with E-state index in [0.29, 0.717) is 16.3 Å². The highest BCUT2D eigenvalue weighted by Crippen LogP contribution is 2.23. The average Bonchev–Trinajstić information content (AvgIpc) is 2.91. The normalized spacial score (nSPS) is 16.9. The van der Waals surface area contributed by atoms with Gasteiger partial charge in [-0.2, -0.15) is 5.10 Å². The number of aryl methyl sites for hydroxylation is 1. The van der Waals surface area contributed by atoms with E-state index in [1.165, 1.54) is 11.0 Å². The minimum atomic E-state index is -0.533. The number of anilines is 1. The second-order valence-corrected chi connectivity index (χ2v) is 5.70. The van der Waals surface area contributed by atoms with Gasteiger partial charge in [0.25, 0.3) is 11.8 Å². The first-order valence-electron chi connectivity index (χ1n) is 6.61. The number of aromatic nitrogens is 2. The molecule has 3 rings (SSSR count). The number of thiocarbonyl (C=S) groups is 1. The van der Waals surface area contributed by atoms with Gasteiger partial charge < -0.3 is 0 Å². The summed E-state index contributed by atoms with van der Waals surface area (Å²) < 4.78 is 1.58. The Balaban J connectivity index is 2.00. The van der Waals surface area contributed by atoms with Crippen LogP contribution in [0.5, 0.6) is 0 Å². The van der Waals surface area contributed by atoms with Gasteiger partial charge in [0.15, 0.2) is 5.11 Å². The van der Waals surface area contributed by atoms with Gasteiger partial charge in [-0.15, -0.1) is 0 Å². The zero-order chi connectivity index (χ0) is 16.6. The fourth-order valence-electron chi connectivity index (χ4n) is 2.16. The molecule has 0 aliphatic carbocycles. The molecule has 2 heterocycles. The van der Waals surface area contributed by atoms with E-state index in [4.69, 9.17) is 23.8 Å². The third kappa shape index (κ3) is 3.01. The van der Waals surface area contributed by atoms with Crippen LogP contribution in [0.1, 0.15) is 5.56 Å². The largest absolute Gasteiger partial charge is 0.298 e. The van der Waals surface area contributed by atoms with Crippen LogP contribution in [0.3, 0.4) is 0 Å². The van der Waals surface area contributed by atoms with Gasteiger partial charge in [-0.05, 0) is 42.6 Å². The molecule has 2 amide bonds. The van der Waals surface area contributed by atoms with Crippen LogP contribution in [0.2, 0.25) is 5.02 Å². The van der Waals surface area contributed by atoms with Gasteiger partial charge in [-0.25, -0.2) is 0 Å². The van der Waals surface area contributed by atoms with Crippen LogP contribution in [0, 0.1) is 0 Å². The Morgan fingerprint density at radius 1 is 1.26 bits per heavy atom. The zero-order valence-corrected chi connectivity index (χ0v) is 13.6. The molecular weight excluding hydrogens is 336 g/mol. The number of hydrogen-bond donors (Lipinski definition) is 1. The molecule has 1 aliphatic rings. The predicted molar refractivity (Wildman–Crippen MR) is 90.9 cm³/mol. The molecule has 2 aromatic rings. The molecule has 0 unspecified atom stereocenters. The summed E-state index contributed by atoms with van der Waals surface area (Å²) in [6.45, 7) is 0. The summed E-state index contributed by atoms with van der Waals surface area (Å²) in [4.78, 5) is 26.0. The molecule has 1 aromatic carbocycles. The van der Waals surface area contributed by atoms with Crippen LogP contribution in [0.15, 0.2) is 42.2 Å². The number of amides is 2. The van der Waals surface area contributed by atoms with Crippen molar-refractivity contribution in [3.05, 3.63) is 52.8 Å². The van der Waals surface area contributed by atoms with Crippen molar-refractivity contribution in [1.82, 2.24) is 15.1 Å². The lowest BCUT2D eigenvalue weighted by Crippen LogP contribution is -2.54. The molecule has 116 valence electrons. The first-order valence-corrected chi connectivity index (χ1v) is 7.40. The van der Waals surface area contributed by atoms with Crippen LogP contribution >= 0.6 is 23.8 Å². The van der Waals surface area contributed by atoms with E-state index in [1.54, 1.807) is 48.4 Å². The fourth-order valence-corrected chi connectivity index (χ4v) is 2.57. The van der Waals surface area contributed by atoms with Crippen LogP contribution in [0.4, 0.5) is 5.69 Å². The minimum Gasteiger partial charge on any atom is -0.298 e. The van der Waals surface area contributed by atoms with Crippen molar-refractivity contribution in [3.8, 4) is 0 Å². The third-order valence-corrected chi connectivity index (χ3v) is 3.76. The number of nitrogens with one attached hydrogen (secondary N) is 1. The predicted octanol–water partition coefficient (Wildman–Crippen LogP) is 1.90. The highest BCUT2D eigenvalue weighted by Gasteiger charge is 2.34. The monoisotopic (exact) mass is 346 g/mol. The highest BCUT2D eigenvalue weighted by atomic mass is 35.5. The summed E-state index contributed by atoms with van der Waals surface area (Å²) in [5, 5.41) is 7.10. The number of carbonyl (C=O) groups is 2. The van der Waals surface area contributed by atoms with Crippen molar-refractivity contribution in [2.24, 2.45) is 7.05 Å². The summed E-state index contributed by atoms with van der Waals surface area (Å²) in [6.07, 6.45) is 4.75. The molecule has 6 nitrogen and oxygen atoms in total. The zero-order valence-electron chi connectivity index (χ0n) is 12.0. The van der Waals surface area contributed by atoms with Crippen molar-refractivity contribution in [2.45, 2.75) is 0 Å².